The van der Waals surface area contributed by atoms with Gasteiger partial charge in [0.15, 0.2) is 6.61 Å². The van der Waals surface area contributed by atoms with Crippen molar-refractivity contribution < 1.29 is 19.1 Å². The Bertz CT molecular complexity index is 1130. The smallest absolute Gasteiger partial charge is 0.260 e. The molecule has 0 aliphatic carbocycles. The van der Waals surface area contributed by atoms with E-state index in [9.17, 15) is 9.59 Å². The molecule has 0 bridgehead atoms. The number of hydrogen-bond donors (Lipinski definition) is 3. The molecule has 2 amide bonds. The van der Waals surface area contributed by atoms with Crippen LogP contribution in [0.25, 0.3) is 0 Å². The maximum atomic E-state index is 12.3. The number of morpholine rings is 1. The fourth-order valence-electron chi connectivity index (χ4n) is 3.52. The summed E-state index contributed by atoms with van der Waals surface area (Å²) in [5, 5.41) is 6.46. The van der Waals surface area contributed by atoms with Crippen LogP contribution in [0.15, 0.2) is 66.9 Å². The predicted octanol–water partition coefficient (Wildman–Crippen LogP) is 2.77. The summed E-state index contributed by atoms with van der Waals surface area (Å²) in [4.78, 5) is 30.2. The summed E-state index contributed by atoms with van der Waals surface area (Å²) < 4.78 is 11.0. The first-order chi connectivity index (χ1) is 16.6. The van der Waals surface area contributed by atoms with E-state index in [0.29, 0.717) is 55.7 Å². The van der Waals surface area contributed by atoms with E-state index in [1.165, 1.54) is 6.20 Å². The molecule has 4 N–H and O–H groups in total. The van der Waals surface area contributed by atoms with Gasteiger partial charge in [-0.3, -0.25) is 9.59 Å². The third kappa shape index (κ3) is 6.23. The largest absolute Gasteiger partial charge is 0.484 e. The standard InChI is InChI=1S/C25H27N5O4/c26-25(32)21-16-28-23(14-22(21)27-15-18-5-2-1-3-6-18)29-19-7-4-8-20(13-19)34-17-24(31)30-9-11-33-12-10-30/h1-8,13-14,16H,9-12,15,17H2,(H2,26,32)(H2,27,28,29). The van der Waals surface area contributed by atoms with Gasteiger partial charge >= 0.3 is 0 Å². The number of aromatic nitrogens is 1. The Balaban J connectivity index is 1.41. The lowest BCUT2D eigenvalue weighted by atomic mass is 10.2. The number of pyridine rings is 1. The lowest BCUT2D eigenvalue weighted by Gasteiger charge is -2.26. The molecule has 0 saturated carbocycles. The number of carbonyl (C=O) groups is 2. The summed E-state index contributed by atoms with van der Waals surface area (Å²) in [5.41, 5.74) is 8.21. The second-order valence-corrected chi connectivity index (χ2v) is 7.75. The number of anilines is 3. The van der Waals surface area contributed by atoms with E-state index in [2.05, 4.69) is 15.6 Å². The minimum absolute atomic E-state index is 0.0391. The van der Waals surface area contributed by atoms with Gasteiger partial charge in [0.2, 0.25) is 0 Å². The highest BCUT2D eigenvalue weighted by atomic mass is 16.5. The van der Waals surface area contributed by atoms with Crippen LogP contribution in [0.5, 0.6) is 5.75 Å². The van der Waals surface area contributed by atoms with E-state index in [4.69, 9.17) is 15.2 Å². The first kappa shape index (κ1) is 23.1. The van der Waals surface area contributed by atoms with Crippen LogP contribution < -0.4 is 21.1 Å². The average molecular weight is 462 g/mol. The van der Waals surface area contributed by atoms with E-state index < -0.39 is 5.91 Å². The zero-order chi connectivity index (χ0) is 23.8. The van der Waals surface area contributed by atoms with E-state index in [1.54, 1.807) is 23.1 Å². The number of hydrogen-bond acceptors (Lipinski definition) is 7. The Morgan fingerprint density at radius 2 is 1.85 bits per heavy atom. The van der Waals surface area contributed by atoms with Crippen molar-refractivity contribution in [3.8, 4) is 5.75 Å². The quantitative estimate of drug-likeness (QED) is 0.448. The van der Waals surface area contributed by atoms with Gasteiger partial charge in [0.05, 0.1) is 24.5 Å². The fourth-order valence-corrected chi connectivity index (χ4v) is 3.52. The normalized spacial score (nSPS) is 13.2. The van der Waals surface area contributed by atoms with Crippen molar-refractivity contribution in [2.75, 3.05) is 43.5 Å². The SMILES string of the molecule is NC(=O)c1cnc(Nc2cccc(OCC(=O)N3CCOCC3)c2)cc1NCc1ccccc1. The minimum Gasteiger partial charge on any atom is -0.484 e. The minimum atomic E-state index is -0.560. The molecule has 34 heavy (non-hydrogen) atoms. The zero-order valence-electron chi connectivity index (χ0n) is 18.7. The highest BCUT2D eigenvalue weighted by Gasteiger charge is 2.17. The van der Waals surface area contributed by atoms with Crippen molar-refractivity contribution in [1.82, 2.24) is 9.88 Å². The van der Waals surface area contributed by atoms with Crippen LogP contribution in [0.4, 0.5) is 17.2 Å². The van der Waals surface area contributed by atoms with Crippen molar-refractivity contribution in [2.24, 2.45) is 5.73 Å². The molecule has 4 rings (SSSR count). The lowest BCUT2D eigenvalue weighted by molar-refractivity contribution is -0.137. The summed E-state index contributed by atoms with van der Waals surface area (Å²) in [6.07, 6.45) is 1.44. The van der Waals surface area contributed by atoms with Crippen LogP contribution in [-0.4, -0.2) is 54.6 Å². The number of ether oxygens (including phenoxy) is 2. The number of benzene rings is 2. The monoisotopic (exact) mass is 461 g/mol. The van der Waals surface area contributed by atoms with Crippen molar-refractivity contribution in [2.45, 2.75) is 6.54 Å². The van der Waals surface area contributed by atoms with Crippen molar-refractivity contribution in [1.29, 1.82) is 0 Å². The molecule has 2 heterocycles. The van der Waals surface area contributed by atoms with Crippen LogP contribution in [0, 0.1) is 0 Å². The first-order valence-electron chi connectivity index (χ1n) is 11.0. The molecule has 9 heteroatoms. The molecule has 0 spiro atoms. The molecule has 2 aromatic carbocycles. The average Bonchev–Trinajstić information content (AvgIpc) is 2.87. The summed E-state index contributed by atoms with van der Waals surface area (Å²) >= 11 is 0. The number of carbonyl (C=O) groups excluding carboxylic acids is 2. The van der Waals surface area contributed by atoms with Crippen LogP contribution in [-0.2, 0) is 16.1 Å². The third-order valence-corrected chi connectivity index (χ3v) is 5.33. The molecule has 0 atom stereocenters. The number of amides is 2. The molecule has 3 aromatic rings. The Morgan fingerprint density at radius 3 is 2.62 bits per heavy atom. The highest BCUT2D eigenvalue weighted by Crippen LogP contribution is 2.24. The van der Waals surface area contributed by atoms with Gasteiger partial charge in [-0.25, -0.2) is 4.98 Å². The Hall–Kier alpha value is -4.11. The van der Waals surface area contributed by atoms with E-state index in [-0.39, 0.29) is 12.5 Å². The molecule has 0 unspecified atom stereocenters. The highest BCUT2D eigenvalue weighted by molar-refractivity contribution is 5.98. The fraction of sp³-hybridized carbons (Fsp3) is 0.240. The van der Waals surface area contributed by atoms with Gasteiger partial charge in [-0.2, -0.15) is 0 Å². The first-order valence-corrected chi connectivity index (χ1v) is 11.0. The van der Waals surface area contributed by atoms with Crippen molar-refractivity contribution in [3.63, 3.8) is 0 Å². The van der Waals surface area contributed by atoms with Gasteiger partial charge in [-0.05, 0) is 17.7 Å². The summed E-state index contributed by atoms with van der Waals surface area (Å²) in [7, 11) is 0. The van der Waals surface area contributed by atoms with E-state index in [0.717, 1.165) is 11.3 Å². The van der Waals surface area contributed by atoms with Crippen molar-refractivity contribution in [3.05, 3.63) is 78.0 Å². The molecule has 0 radical (unpaired) electrons. The third-order valence-electron chi connectivity index (χ3n) is 5.33. The maximum Gasteiger partial charge on any atom is 0.260 e. The van der Waals surface area contributed by atoms with Crippen LogP contribution in [0.1, 0.15) is 15.9 Å². The van der Waals surface area contributed by atoms with Gasteiger partial charge in [0.1, 0.15) is 11.6 Å². The number of rotatable bonds is 9. The molecule has 1 aliphatic heterocycles. The maximum absolute atomic E-state index is 12.3. The van der Waals surface area contributed by atoms with Gasteiger partial charge in [-0.15, -0.1) is 0 Å². The van der Waals surface area contributed by atoms with Crippen LogP contribution in [0.2, 0.25) is 0 Å². The summed E-state index contributed by atoms with van der Waals surface area (Å²) in [6.45, 7) is 2.76. The number of primary amides is 1. The Morgan fingerprint density at radius 1 is 1.06 bits per heavy atom. The van der Waals surface area contributed by atoms with Crippen LogP contribution in [0.3, 0.4) is 0 Å². The van der Waals surface area contributed by atoms with Gasteiger partial charge in [0, 0.05) is 43.7 Å². The number of nitrogens with zero attached hydrogens (tertiary/aromatic N) is 2. The molecule has 9 nitrogen and oxygen atoms in total. The van der Waals surface area contributed by atoms with Crippen LogP contribution >= 0.6 is 0 Å². The molecular weight excluding hydrogens is 434 g/mol. The molecule has 1 aromatic heterocycles. The van der Waals surface area contributed by atoms with E-state index in [1.807, 2.05) is 42.5 Å². The van der Waals surface area contributed by atoms with Gasteiger partial charge in [-0.1, -0.05) is 36.4 Å². The number of nitrogens with one attached hydrogen (secondary N) is 2. The molecule has 1 aliphatic rings. The topological polar surface area (TPSA) is 119 Å². The number of nitrogens with two attached hydrogens (primary N) is 1. The summed E-state index contributed by atoms with van der Waals surface area (Å²) in [6, 6.07) is 18.8. The molecule has 176 valence electrons. The zero-order valence-corrected chi connectivity index (χ0v) is 18.7. The molecule has 1 saturated heterocycles. The van der Waals surface area contributed by atoms with Crippen molar-refractivity contribution >= 4 is 29.0 Å². The van der Waals surface area contributed by atoms with E-state index >= 15 is 0 Å². The predicted molar refractivity (Wildman–Crippen MR) is 129 cm³/mol. The van der Waals surface area contributed by atoms with Gasteiger partial charge in [0.25, 0.3) is 11.8 Å². The Labute approximate surface area is 197 Å². The second kappa shape index (κ2) is 11.2. The van der Waals surface area contributed by atoms with Gasteiger partial charge < -0.3 is 30.7 Å². The molecule has 1 fully saturated rings. The molecular formula is C25H27N5O4. The second-order valence-electron chi connectivity index (χ2n) is 7.75. The lowest BCUT2D eigenvalue weighted by Crippen LogP contribution is -2.42. The Kier molecular flexibility index (Phi) is 7.56. The summed E-state index contributed by atoms with van der Waals surface area (Å²) in [5.74, 6) is 0.458.